The minimum Gasteiger partial charge on any atom is -0.497 e. The first-order valence-electron chi connectivity index (χ1n) is 10.1. The number of aryl methyl sites for hydroxylation is 1. The van der Waals surface area contributed by atoms with E-state index in [-0.39, 0.29) is 17.0 Å². The molecule has 162 valence electrons. The highest BCUT2D eigenvalue weighted by atomic mass is 16.5. The molecule has 0 saturated heterocycles. The van der Waals surface area contributed by atoms with Gasteiger partial charge in [0.05, 0.1) is 23.7 Å². The molecule has 8 nitrogen and oxygen atoms in total. The minimum atomic E-state index is -0.464. The SMILES string of the molecule is CCn1nc(-c2cccc(OC)c2)c(C(C)=O)c(N=c2cccc3n(O)cccc2-3)c1=O. The predicted molar refractivity (Wildman–Crippen MR) is 120 cm³/mol. The average Bonchev–Trinajstić information content (AvgIpc) is 2.80. The molecule has 2 aromatic rings. The van der Waals surface area contributed by atoms with Gasteiger partial charge in [-0.2, -0.15) is 9.83 Å². The van der Waals surface area contributed by atoms with E-state index in [1.54, 1.807) is 68.6 Å². The van der Waals surface area contributed by atoms with Gasteiger partial charge in [0.1, 0.15) is 17.1 Å². The van der Waals surface area contributed by atoms with Crippen LogP contribution in [0.4, 0.5) is 5.69 Å². The molecular weight excluding hydrogens is 408 g/mol. The number of nitrogens with zero attached hydrogens (tertiary/aromatic N) is 4. The summed E-state index contributed by atoms with van der Waals surface area (Å²) < 4.78 is 7.59. The van der Waals surface area contributed by atoms with Crippen LogP contribution in [0.3, 0.4) is 0 Å². The molecule has 0 fully saturated rings. The molecule has 0 saturated carbocycles. The van der Waals surface area contributed by atoms with Gasteiger partial charge in [-0.05, 0) is 50.2 Å². The number of carbonyl (C=O) groups is 1. The summed E-state index contributed by atoms with van der Waals surface area (Å²) in [5.74, 6) is 0.278. The lowest BCUT2D eigenvalue weighted by atomic mass is 10.0. The molecule has 1 N–H and O–H groups in total. The number of benzene rings is 2. The molecule has 0 spiro atoms. The smallest absolute Gasteiger partial charge is 0.293 e. The van der Waals surface area contributed by atoms with E-state index in [0.29, 0.717) is 40.2 Å². The number of fused-ring (bicyclic) bond motifs is 1. The van der Waals surface area contributed by atoms with Crippen LogP contribution in [0.2, 0.25) is 0 Å². The fraction of sp³-hybridized carbons (Fsp3) is 0.167. The van der Waals surface area contributed by atoms with Gasteiger partial charge >= 0.3 is 0 Å². The Bertz CT molecular complexity index is 1420. The van der Waals surface area contributed by atoms with E-state index >= 15 is 0 Å². The van der Waals surface area contributed by atoms with Crippen molar-refractivity contribution in [2.45, 2.75) is 20.4 Å². The van der Waals surface area contributed by atoms with Crippen LogP contribution in [0.5, 0.6) is 5.75 Å². The van der Waals surface area contributed by atoms with E-state index in [0.717, 1.165) is 4.73 Å². The monoisotopic (exact) mass is 430 g/mol. The van der Waals surface area contributed by atoms with Crippen LogP contribution in [0.15, 0.2) is 70.6 Å². The lowest BCUT2D eigenvalue weighted by molar-refractivity contribution is 0.101. The number of aromatic nitrogens is 3. The van der Waals surface area contributed by atoms with E-state index in [1.807, 2.05) is 0 Å². The van der Waals surface area contributed by atoms with Crippen molar-refractivity contribution < 1.29 is 14.7 Å². The summed E-state index contributed by atoms with van der Waals surface area (Å²) in [6.45, 7) is 3.50. The summed E-state index contributed by atoms with van der Waals surface area (Å²) in [6.07, 6.45) is 1.50. The van der Waals surface area contributed by atoms with Crippen molar-refractivity contribution in [3.63, 3.8) is 0 Å². The number of carbonyl (C=O) groups excluding carboxylic acids is 1. The van der Waals surface area contributed by atoms with Crippen LogP contribution < -0.4 is 15.7 Å². The van der Waals surface area contributed by atoms with Gasteiger partial charge in [0.25, 0.3) is 5.56 Å². The topological polar surface area (TPSA) is 98.7 Å². The summed E-state index contributed by atoms with van der Waals surface area (Å²) in [5, 5.41) is 15.0. The first kappa shape index (κ1) is 21.0. The first-order chi connectivity index (χ1) is 15.4. The van der Waals surface area contributed by atoms with Crippen LogP contribution in [0.1, 0.15) is 24.2 Å². The fourth-order valence-corrected chi connectivity index (χ4v) is 3.61. The third kappa shape index (κ3) is 3.66. The molecule has 4 rings (SSSR count). The zero-order valence-electron chi connectivity index (χ0n) is 17.9. The van der Waals surface area contributed by atoms with Crippen molar-refractivity contribution >= 4 is 11.5 Å². The van der Waals surface area contributed by atoms with Crippen molar-refractivity contribution in [2.24, 2.45) is 4.99 Å². The molecule has 8 heteroatoms. The standard InChI is InChI=1S/C24H22N4O4/c1-4-27-24(30)23(25-19-11-6-12-20-18(19)10-7-13-28(20)31)21(15(2)29)22(26-27)16-8-5-9-17(14-16)32-3/h5-14,31H,4H2,1-3H3. The zero-order valence-corrected chi connectivity index (χ0v) is 17.9. The predicted octanol–water partition coefficient (Wildman–Crippen LogP) is 3.52. The second-order valence-corrected chi connectivity index (χ2v) is 7.16. The van der Waals surface area contributed by atoms with Gasteiger partial charge in [0.15, 0.2) is 5.78 Å². The summed E-state index contributed by atoms with van der Waals surface area (Å²) in [6, 6.07) is 15.8. The molecule has 1 aliphatic heterocycles. The maximum Gasteiger partial charge on any atom is 0.293 e. The third-order valence-electron chi connectivity index (χ3n) is 5.16. The van der Waals surface area contributed by atoms with Gasteiger partial charge in [-0.1, -0.05) is 18.2 Å². The van der Waals surface area contributed by atoms with Gasteiger partial charge < -0.3 is 9.94 Å². The Hall–Kier alpha value is -4.20. The molecule has 1 aromatic carbocycles. The van der Waals surface area contributed by atoms with E-state index in [2.05, 4.69) is 10.1 Å². The van der Waals surface area contributed by atoms with Crippen LogP contribution in [-0.2, 0) is 6.54 Å². The van der Waals surface area contributed by atoms with Gasteiger partial charge in [0.2, 0.25) is 0 Å². The van der Waals surface area contributed by atoms with E-state index < -0.39 is 5.56 Å². The maximum absolute atomic E-state index is 13.2. The Kier molecular flexibility index (Phi) is 5.59. The maximum atomic E-state index is 13.2. The zero-order chi connectivity index (χ0) is 22.8. The van der Waals surface area contributed by atoms with E-state index in [1.165, 1.54) is 17.8 Å². The number of ether oxygens (including phenoxy) is 1. The van der Waals surface area contributed by atoms with Gasteiger partial charge in [-0.25, -0.2) is 9.67 Å². The highest BCUT2D eigenvalue weighted by molar-refractivity contribution is 6.04. The number of rotatable bonds is 5. The van der Waals surface area contributed by atoms with Crippen LogP contribution in [-0.4, -0.2) is 32.6 Å². The molecule has 1 aromatic heterocycles. The van der Waals surface area contributed by atoms with Crippen molar-refractivity contribution in [1.29, 1.82) is 0 Å². The summed E-state index contributed by atoms with van der Waals surface area (Å²) in [4.78, 5) is 30.6. The molecule has 0 atom stereocenters. The van der Waals surface area contributed by atoms with Gasteiger partial charge in [-0.15, -0.1) is 0 Å². The third-order valence-corrected chi connectivity index (χ3v) is 5.16. The lowest BCUT2D eigenvalue weighted by Crippen LogP contribution is -2.26. The van der Waals surface area contributed by atoms with Crippen LogP contribution in [0.25, 0.3) is 22.5 Å². The van der Waals surface area contributed by atoms with Crippen molar-refractivity contribution in [1.82, 2.24) is 14.5 Å². The molecule has 2 heterocycles. The number of ketones is 1. The normalized spacial score (nSPS) is 11.7. The molecule has 2 aliphatic rings. The number of hydrogen-bond donors (Lipinski definition) is 1. The van der Waals surface area contributed by atoms with Crippen LogP contribution in [0, 0.1) is 0 Å². The molecule has 0 radical (unpaired) electrons. The Morgan fingerprint density at radius 2 is 1.94 bits per heavy atom. The van der Waals surface area contributed by atoms with E-state index in [9.17, 15) is 14.8 Å². The Balaban J connectivity index is 2.09. The fourth-order valence-electron chi connectivity index (χ4n) is 3.61. The quantitative estimate of drug-likeness (QED) is 0.386. The number of Topliss-reactive ketones (excluding diaryl/α,β-unsaturated/α-hetero) is 1. The number of methoxy groups -OCH3 is 1. The Morgan fingerprint density at radius 3 is 2.66 bits per heavy atom. The highest BCUT2D eigenvalue weighted by Crippen LogP contribution is 2.29. The largest absolute Gasteiger partial charge is 0.497 e. The van der Waals surface area contributed by atoms with Gasteiger partial charge in [0, 0.05) is 23.9 Å². The molecule has 0 amide bonds. The lowest BCUT2D eigenvalue weighted by Gasteiger charge is -2.14. The average molecular weight is 430 g/mol. The van der Waals surface area contributed by atoms with Crippen molar-refractivity contribution in [2.75, 3.05) is 7.11 Å². The highest BCUT2D eigenvalue weighted by Gasteiger charge is 2.22. The number of pyridine rings is 1. The Morgan fingerprint density at radius 1 is 1.16 bits per heavy atom. The van der Waals surface area contributed by atoms with Crippen LogP contribution >= 0.6 is 0 Å². The summed E-state index contributed by atoms with van der Waals surface area (Å²) >= 11 is 0. The summed E-state index contributed by atoms with van der Waals surface area (Å²) in [5.41, 5.74) is 1.83. The molecule has 1 aliphatic carbocycles. The van der Waals surface area contributed by atoms with Gasteiger partial charge in [-0.3, -0.25) is 9.59 Å². The summed E-state index contributed by atoms with van der Waals surface area (Å²) in [7, 11) is 1.56. The Labute approximate surface area is 184 Å². The second kappa shape index (κ2) is 8.50. The molecule has 0 bridgehead atoms. The van der Waals surface area contributed by atoms with Crippen molar-refractivity contribution in [3.8, 4) is 28.3 Å². The second-order valence-electron chi connectivity index (χ2n) is 7.16. The molecule has 0 unspecified atom stereocenters. The first-order valence-corrected chi connectivity index (χ1v) is 10.1. The molecule has 32 heavy (non-hydrogen) atoms. The number of hydrogen-bond acceptors (Lipinski definition) is 6. The van der Waals surface area contributed by atoms with E-state index in [4.69, 9.17) is 4.74 Å². The van der Waals surface area contributed by atoms with Crippen molar-refractivity contribution in [3.05, 3.63) is 82.1 Å². The minimum absolute atomic E-state index is 0.00742. The molecular formula is C24H22N4O4.